The van der Waals surface area contributed by atoms with E-state index in [2.05, 4.69) is 6.58 Å². The average Bonchev–Trinajstić information content (AvgIpc) is 1.73. The molecule has 0 unspecified atom stereocenters. The Hall–Kier alpha value is -0.510. The number of rotatable bonds is 2. The van der Waals surface area contributed by atoms with Gasteiger partial charge in [-0.3, -0.25) is 4.90 Å². The van der Waals surface area contributed by atoms with E-state index in [1.54, 1.807) is 4.90 Å². The van der Waals surface area contributed by atoms with Crippen LogP contribution in [0.4, 0.5) is 13.2 Å². The zero-order valence-electron chi connectivity index (χ0n) is 6.99. The van der Waals surface area contributed by atoms with E-state index in [0.717, 1.165) is 5.57 Å². The molecule has 1 rings (SSSR count). The third-order valence-corrected chi connectivity index (χ3v) is 1.91. The van der Waals surface area contributed by atoms with Crippen molar-refractivity contribution in [3.63, 3.8) is 0 Å². The SMILES string of the molecule is C=C(C)CN1CC(C(F)(F)F)C1. The maximum Gasteiger partial charge on any atom is 0.394 e. The first-order valence-corrected chi connectivity index (χ1v) is 3.83. The molecule has 4 heteroatoms. The van der Waals surface area contributed by atoms with Crippen LogP contribution in [-0.2, 0) is 0 Å². The number of likely N-dealkylation sites (tertiary alicyclic amines) is 1. The van der Waals surface area contributed by atoms with Crippen molar-refractivity contribution in [3.8, 4) is 0 Å². The summed E-state index contributed by atoms with van der Waals surface area (Å²) in [4.78, 5) is 1.75. The lowest BCUT2D eigenvalue weighted by atomic mass is 9.99. The van der Waals surface area contributed by atoms with Crippen molar-refractivity contribution in [2.24, 2.45) is 5.92 Å². The molecule has 1 nitrogen and oxygen atoms in total. The first-order chi connectivity index (χ1) is 5.39. The molecule has 1 heterocycles. The third kappa shape index (κ3) is 2.24. The standard InChI is InChI=1S/C8H12F3N/c1-6(2)3-12-4-7(5-12)8(9,10)11/h7H,1,3-5H2,2H3. The van der Waals surface area contributed by atoms with Crippen LogP contribution >= 0.6 is 0 Å². The predicted molar refractivity (Wildman–Crippen MR) is 40.8 cm³/mol. The monoisotopic (exact) mass is 179 g/mol. The summed E-state index contributed by atoms with van der Waals surface area (Å²) in [6.45, 7) is 6.32. The lowest BCUT2D eigenvalue weighted by Gasteiger charge is -2.40. The molecule has 70 valence electrons. The molecule has 0 spiro atoms. The van der Waals surface area contributed by atoms with Crippen molar-refractivity contribution >= 4 is 0 Å². The van der Waals surface area contributed by atoms with Crippen molar-refractivity contribution in [2.75, 3.05) is 19.6 Å². The van der Waals surface area contributed by atoms with Crippen LogP contribution < -0.4 is 0 Å². The van der Waals surface area contributed by atoms with E-state index >= 15 is 0 Å². The zero-order chi connectivity index (χ0) is 9.35. The Bertz CT molecular complexity index is 179. The van der Waals surface area contributed by atoms with Gasteiger partial charge in [-0.2, -0.15) is 13.2 Å². The molecule has 0 aromatic rings. The molecule has 0 amide bonds. The third-order valence-electron chi connectivity index (χ3n) is 1.91. The van der Waals surface area contributed by atoms with E-state index in [0.29, 0.717) is 6.54 Å². The minimum Gasteiger partial charge on any atom is -0.298 e. The molecule has 0 atom stereocenters. The van der Waals surface area contributed by atoms with Gasteiger partial charge < -0.3 is 0 Å². The Morgan fingerprint density at radius 2 is 2.00 bits per heavy atom. The lowest BCUT2D eigenvalue weighted by Crippen LogP contribution is -2.53. The van der Waals surface area contributed by atoms with E-state index in [1.807, 2.05) is 6.92 Å². The second-order valence-corrected chi connectivity index (χ2v) is 3.39. The molecule has 0 aromatic carbocycles. The quantitative estimate of drug-likeness (QED) is 0.586. The highest BCUT2D eigenvalue weighted by atomic mass is 19.4. The van der Waals surface area contributed by atoms with Gasteiger partial charge in [-0.25, -0.2) is 0 Å². The molecular formula is C8H12F3N. The van der Waals surface area contributed by atoms with Crippen molar-refractivity contribution in [3.05, 3.63) is 12.2 Å². The van der Waals surface area contributed by atoms with Crippen molar-refractivity contribution in [2.45, 2.75) is 13.1 Å². The number of hydrogen-bond acceptors (Lipinski definition) is 1. The first kappa shape index (κ1) is 9.58. The van der Waals surface area contributed by atoms with Crippen LogP contribution in [0.1, 0.15) is 6.92 Å². The normalized spacial score (nSPS) is 20.7. The maximum absolute atomic E-state index is 12.0. The molecular weight excluding hydrogens is 167 g/mol. The van der Waals surface area contributed by atoms with Gasteiger partial charge in [0.2, 0.25) is 0 Å². The topological polar surface area (TPSA) is 3.24 Å². The van der Waals surface area contributed by atoms with Crippen LogP contribution in [0.3, 0.4) is 0 Å². The van der Waals surface area contributed by atoms with E-state index in [1.165, 1.54) is 0 Å². The smallest absolute Gasteiger partial charge is 0.298 e. The fourth-order valence-corrected chi connectivity index (χ4v) is 1.29. The molecule has 1 aliphatic heterocycles. The molecule has 1 fully saturated rings. The van der Waals surface area contributed by atoms with E-state index in [9.17, 15) is 13.2 Å². The Morgan fingerprint density at radius 3 is 2.33 bits per heavy atom. The van der Waals surface area contributed by atoms with Gasteiger partial charge in [0.05, 0.1) is 5.92 Å². The number of halogens is 3. The fraction of sp³-hybridized carbons (Fsp3) is 0.750. The van der Waals surface area contributed by atoms with E-state index in [-0.39, 0.29) is 13.1 Å². The molecule has 1 saturated heterocycles. The zero-order valence-corrected chi connectivity index (χ0v) is 6.99. The average molecular weight is 179 g/mol. The summed E-state index contributed by atoms with van der Waals surface area (Å²) in [5, 5.41) is 0. The number of hydrogen-bond donors (Lipinski definition) is 0. The summed E-state index contributed by atoms with van der Waals surface area (Å²) in [5.41, 5.74) is 0.913. The summed E-state index contributed by atoms with van der Waals surface area (Å²) in [7, 11) is 0. The molecule has 0 aromatic heterocycles. The van der Waals surface area contributed by atoms with Gasteiger partial charge in [-0.15, -0.1) is 0 Å². The second kappa shape index (κ2) is 3.09. The molecule has 0 bridgehead atoms. The molecule has 0 radical (unpaired) electrons. The van der Waals surface area contributed by atoms with Gasteiger partial charge in [0, 0.05) is 19.6 Å². The fourth-order valence-electron chi connectivity index (χ4n) is 1.29. The highest BCUT2D eigenvalue weighted by molar-refractivity contribution is 4.96. The summed E-state index contributed by atoms with van der Waals surface area (Å²) in [6, 6.07) is 0. The van der Waals surface area contributed by atoms with Crippen LogP contribution in [0, 0.1) is 5.92 Å². The van der Waals surface area contributed by atoms with Crippen LogP contribution in [0.2, 0.25) is 0 Å². The predicted octanol–water partition coefficient (Wildman–Crippen LogP) is 2.06. The Kier molecular flexibility index (Phi) is 2.46. The van der Waals surface area contributed by atoms with Gasteiger partial charge in [-0.05, 0) is 6.92 Å². The van der Waals surface area contributed by atoms with E-state index < -0.39 is 12.1 Å². The molecule has 0 saturated carbocycles. The Morgan fingerprint density at radius 1 is 1.50 bits per heavy atom. The Labute approximate surface area is 69.9 Å². The highest BCUT2D eigenvalue weighted by Gasteiger charge is 2.46. The van der Waals surface area contributed by atoms with Gasteiger partial charge in [0.15, 0.2) is 0 Å². The first-order valence-electron chi connectivity index (χ1n) is 3.83. The number of nitrogens with zero attached hydrogens (tertiary/aromatic N) is 1. The lowest BCUT2D eigenvalue weighted by molar-refractivity contribution is -0.207. The highest BCUT2D eigenvalue weighted by Crippen LogP contribution is 2.33. The largest absolute Gasteiger partial charge is 0.394 e. The molecule has 0 aliphatic carbocycles. The van der Waals surface area contributed by atoms with Gasteiger partial charge in [0.25, 0.3) is 0 Å². The van der Waals surface area contributed by atoms with Gasteiger partial charge in [0.1, 0.15) is 0 Å². The molecule has 1 aliphatic rings. The van der Waals surface area contributed by atoms with Crippen LogP contribution in [0.5, 0.6) is 0 Å². The van der Waals surface area contributed by atoms with Gasteiger partial charge >= 0.3 is 6.18 Å². The van der Waals surface area contributed by atoms with E-state index in [4.69, 9.17) is 0 Å². The van der Waals surface area contributed by atoms with Crippen molar-refractivity contribution in [1.82, 2.24) is 4.90 Å². The summed E-state index contributed by atoms with van der Waals surface area (Å²) >= 11 is 0. The molecule has 12 heavy (non-hydrogen) atoms. The minimum atomic E-state index is -4.01. The summed E-state index contributed by atoms with van der Waals surface area (Å²) in [5.74, 6) is -1.11. The second-order valence-electron chi connectivity index (χ2n) is 3.39. The van der Waals surface area contributed by atoms with Crippen LogP contribution in [0.15, 0.2) is 12.2 Å². The van der Waals surface area contributed by atoms with Gasteiger partial charge in [-0.1, -0.05) is 12.2 Å². The van der Waals surface area contributed by atoms with Crippen molar-refractivity contribution in [1.29, 1.82) is 0 Å². The Balaban J connectivity index is 2.25. The summed E-state index contributed by atoms with van der Waals surface area (Å²) < 4.78 is 35.9. The summed E-state index contributed by atoms with van der Waals surface area (Å²) in [6.07, 6.45) is -4.01. The molecule has 0 N–H and O–H groups in total. The van der Waals surface area contributed by atoms with Crippen LogP contribution in [-0.4, -0.2) is 30.7 Å². The minimum absolute atomic E-state index is 0.135. The maximum atomic E-state index is 12.0. The van der Waals surface area contributed by atoms with Crippen LogP contribution in [0.25, 0.3) is 0 Å². The number of alkyl halides is 3. The van der Waals surface area contributed by atoms with Crippen molar-refractivity contribution < 1.29 is 13.2 Å².